The summed E-state index contributed by atoms with van der Waals surface area (Å²) in [6, 6.07) is 4.71. The normalized spacial score (nSPS) is 12.4. The average molecular weight is 317 g/mol. The summed E-state index contributed by atoms with van der Waals surface area (Å²) < 4.78 is 41.7. The highest BCUT2D eigenvalue weighted by atomic mass is 32.2. The van der Waals surface area contributed by atoms with Crippen molar-refractivity contribution in [1.29, 1.82) is 0 Å². The third-order valence-corrected chi connectivity index (χ3v) is 4.58. The quantitative estimate of drug-likeness (QED) is 0.839. The maximum Gasteiger partial charge on any atom is 0.165 e. The van der Waals surface area contributed by atoms with E-state index in [1.165, 1.54) is 12.1 Å². The van der Waals surface area contributed by atoms with Crippen LogP contribution in [0.4, 0.5) is 4.39 Å². The van der Waals surface area contributed by atoms with Gasteiger partial charge in [-0.2, -0.15) is 0 Å². The minimum Gasteiger partial charge on any atom is -0.489 e. The predicted octanol–water partition coefficient (Wildman–Crippen LogP) is 2.53. The smallest absolute Gasteiger partial charge is 0.165 e. The van der Waals surface area contributed by atoms with Crippen LogP contribution in [-0.4, -0.2) is 32.1 Å². The van der Waals surface area contributed by atoms with E-state index < -0.39 is 15.7 Å². The second-order valence-corrected chi connectivity index (χ2v) is 8.43. The van der Waals surface area contributed by atoms with Gasteiger partial charge in [-0.25, -0.2) is 12.8 Å². The Morgan fingerprint density at radius 3 is 2.48 bits per heavy atom. The Bertz CT molecular complexity index is 565. The topological polar surface area (TPSA) is 55.4 Å². The van der Waals surface area contributed by atoms with Gasteiger partial charge in [-0.05, 0) is 38.5 Å². The van der Waals surface area contributed by atoms with Gasteiger partial charge in [-0.3, -0.25) is 0 Å². The van der Waals surface area contributed by atoms with Crippen LogP contribution in [0.1, 0.15) is 33.3 Å². The van der Waals surface area contributed by atoms with Crippen molar-refractivity contribution in [3.05, 3.63) is 29.6 Å². The number of hydrogen-bond donors (Lipinski definition) is 1. The van der Waals surface area contributed by atoms with Crippen molar-refractivity contribution in [2.24, 2.45) is 0 Å². The van der Waals surface area contributed by atoms with Gasteiger partial charge in [0.25, 0.3) is 0 Å². The summed E-state index contributed by atoms with van der Waals surface area (Å²) in [5.41, 5.74) is 0.774. The van der Waals surface area contributed by atoms with Gasteiger partial charge in [0, 0.05) is 17.8 Å². The third-order valence-electron chi connectivity index (χ3n) is 2.91. The number of ether oxygens (including phenoxy) is 1. The van der Waals surface area contributed by atoms with Crippen LogP contribution in [-0.2, 0) is 16.4 Å². The van der Waals surface area contributed by atoms with E-state index in [1.807, 2.05) is 20.8 Å². The lowest BCUT2D eigenvalue weighted by atomic mass is 10.1. The van der Waals surface area contributed by atoms with E-state index >= 15 is 0 Å². The molecule has 1 aromatic carbocycles. The monoisotopic (exact) mass is 317 g/mol. The zero-order valence-electron chi connectivity index (χ0n) is 13.1. The summed E-state index contributed by atoms with van der Waals surface area (Å²) >= 11 is 0. The van der Waals surface area contributed by atoms with Crippen LogP contribution in [0.5, 0.6) is 5.75 Å². The van der Waals surface area contributed by atoms with E-state index in [1.54, 1.807) is 13.0 Å². The molecule has 0 aliphatic rings. The molecule has 0 unspecified atom stereocenters. The second-order valence-electron chi connectivity index (χ2n) is 5.95. The van der Waals surface area contributed by atoms with Gasteiger partial charge >= 0.3 is 0 Å². The molecule has 120 valence electrons. The maximum absolute atomic E-state index is 13.9. The summed E-state index contributed by atoms with van der Waals surface area (Å²) in [5, 5.41) is 3.27. The molecular formula is C15H24FNO3S. The van der Waals surface area contributed by atoms with Gasteiger partial charge in [0.15, 0.2) is 21.4 Å². The van der Waals surface area contributed by atoms with Gasteiger partial charge in [-0.1, -0.05) is 13.0 Å². The summed E-state index contributed by atoms with van der Waals surface area (Å²) in [6.07, 6.45) is 0. The molecule has 6 heteroatoms. The molecule has 0 fully saturated rings. The number of benzene rings is 1. The zero-order chi connectivity index (χ0) is 16.1. The first kappa shape index (κ1) is 17.9. The molecule has 0 saturated heterocycles. The van der Waals surface area contributed by atoms with E-state index in [0.29, 0.717) is 6.54 Å². The van der Waals surface area contributed by atoms with Crippen LogP contribution in [0.15, 0.2) is 18.2 Å². The van der Waals surface area contributed by atoms with Crippen LogP contribution >= 0.6 is 0 Å². The standard InChI is InChI=1S/C15H24FNO3S/c1-5-21(18,19)9-8-20-14-7-6-12(10-13(14)16)11-17-15(2,3)4/h6-7,10,17H,5,8-9,11H2,1-4H3. The van der Waals surface area contributed by atoms with Crippen LogP contribution in [0.25, 0.3) is 0 Å². The van der Waals surface area contributed by atoms with Gasteiger partial charge in [-0.15, -0.1) is 0 Å². The molecule has 4 nitrogen and oxygen atoms in total. The number of nitrogens with one attached hydrogen (secondary N) is 1. The van der Waals surface area contributed by atoms with Crippen LogP contribution < -0.4 is 10.1 Å². The molecule has 1 rings (SSSR count). The van der Waals surface area contributed by atoms with Crippen LogP contribution in [0, 0.1) is 5.82 Å². The number of rotatable bonds is 7. The maximum atomic E-state index is 13.9. The minimum absolute atomic E-state index is 0.0350. The van der Waals surface area contributed by atoms with Crippen molar-refractivity contribution in [1.82, 2.24) is 5.32 Å². The molecule has 1 N–H and O–H groups in total. The van der Waals surface area contributed by atoms with Crippen molar-refractivity contribution in [3.8, 4) is 5.75 Å². The van der Waals surface area contributed by atoms with Crippen molar-refractivity contribution in [2.75, 3.05) is 18.1 Å². The average Bonchev–Trinajstić information content (AvgIpc) is 2.38. The molecule has 0 aliphatic heterocycles. The molecule has 0 heterocycles. The Labute approximate surface area is 126 Å². The first-order valence-electron chi connectivity index (χ1n) is 6.99. The summed E-state index contributed by atoms with van der Waals surface area (Å²) in [4.78, 5) is 0. The van der Waals surface area contributed by atoms with Gasteiger partial charge < -0.3 is 10.1 Å². The number of hydrogen-bond acceptors (Lipinski definition) is 4. The Morgan fingerprint density at radius 2 is 1.95 bits per heavy atom. The SMILES string of the molecule is CCS(=O)(=O)CCOc1ccc(CNC(C)(C)C)cc1F. The fraction of sp³-hybridized carbons (Fsp3) is 0.600. The summed E-state index contributed by atoms with van der Waals surface area (Å²) in [6.45, 7) is 8.21. The highest BCUT2D eigenvalue weighted by molar-refractivity contribution is 7.91. The third kappa shape index (κ3) is 6.91. The predicted molar refractivity (Wildman–Crippen MR) is 82.8 cm³/mol. The van der Waals surface area contributed by atoms with Crippen molar-refractivity contribution in [2.45, 2.75) is 39.8 Å². The molecule has 0 spiro atoms. The lowest BCUT2D eigenvalue weighted by Crippen LogP contribution is -2.35. The Hall–Kier alpha value is -1.14. The highest BCUT2D eigenvalue weighted by Gasteiger charge is 2.11. The Balaban J connectivity index is 2.58. The fourth-order valence-electron chi connectivity index (χ4n) is 1.56. The zero-order valence-corrected chi connectivity index (χ0v) is 13.9. The van der Waals surface area contributed by atoms with E-state index in [4.69, 9.17) is 4.74 Å². The van der Waals surface area contributed by atoms with Crippen molar-refractivity contribution >= 4 is 9.84 Å². The highest BCUT2D eigenvalue weighted by Crippen LogP contribution is 2.19. The lowest BCUT2D eigenvalue weighted by molar-refractivity contribution is 0.322. The molecule has 21 heavy (non-hydrogen) atoms. The van der Waals surface area contributed by atoms with E-state index in [2.05, 4.69) is 5.32 Å². The molecule has 0 aromatic heterocycles. The molecule has 0 bridgehead atoms. The first-order valence-corrected chi connectivity index (χ1v) is 8.82. The molecule has 0 aliphatic carbocycles. The van der Waals surface area contributed by atoms with Crippen molar-refractivity contribution in [3.63, 3.8) is 0 Å². The van der Waals surface area contributed by atoms with Crippen molar-refractivity contribution < 1.29 is 17.5 Å². The number of halogens is 1. The van der Waals surface area contributed by atoms with E-state index in [9.17, 15) is 12.8 Å². The summed E-state index contributed by atoms with van der Waals surface area (Å²) in [7, 11) is -3.09. The van der Waals surface area contributed by atoms with Gasteiger partial charge in [0.2, 0.25) is 0 Å². The molecular weight excluding hydrogens is 293 g/mol. The number of sulfone groups is 1. The molecule has 0 amide bonds. The first-order chi connectivity index (χ1) is 9.63. The van der Waals surface area contributed by atoms with Gasteiger partial charge in [0.1, 0.15) is 6.61 Å². The largest absolute Gasteiger partial charge is 0.489 e. The van der Waals surface area contributed by atoms with E-state index in [-0.39, 0.29) is 29.4 Å². The molecule has 0 saturated carbocycles. The fourth-order valence-corrected chi connectivity index (χ4v) is 2.19. The summed E-state index contributed by atoms with van der Waals surface area (Å²) in [5.74, 6) is -0.426. The Kier molecular flexibility index (Phi) is 6.16. The van der Waals surface area contributed by atoms with Crippen LogP contribution in [0.3, 0.4) is 0 Å². The van der Waals surface area contributed by atoms with Gasteiger partial charge in [0.05, 0.1) is 5.75 Å². The Morgan fingerprint density at radius 1 is 1.29 bits per heavy atom. The van der Waals surface area contributed by atoms with Crippen LogP contribution in [0.2, 0.25) is 0 Å². The minimum atomic E-state index is -3.09. The molecule has 0 atom stereocenters. The molecule has 1 aromatic rings. The lowest BCUT2D eigenvalue weighted by Gasteiger charge is -2.20. The molecule has 0 radical (unpaired) electrons. The van der Waals surface area contributed by atoms with E-state index in [0.717, 1.165) is 5.56 Å². The second kappa shape index (κ2) is 7.22.